The fourth-order valence-corrected chi connectivity index (χ4v) is 3.70. The lowest BCUT2D eigenvalue weighted by molar-refractivity contribution is 0.0909. The predicted octanol–water partition coefficient (Wildman–Crippen LogP) is 3.81. The lowest BCUT2D eigenvalue weighted by Crippen LogP contribution is -2.31. The summed E-state index contributed by atoms with van der Waals surface area (Å²) in [5.74, 6) is -1.38. The number of carbonyl (C=O) groups excluding carboxylic acids is 1. The van der Waals surface area contributed by atoms with Gasteiger partial charge in [-0.25, -0.2) is 13.8 Å². The van der Waals surface area contributed by atoms with Crippen molar-refractivity contribution in [2.45, 2.75) is 32.3 Å². The van der Waals surface area contributed by atoms with Crippen LogP contribution in [0.2, 0.25) is 0 Å². The summed E-state index contributed by atoms with van der Waals surface area (Å²) in [4.78, 5) is 26.0. The van der Waals surface area contributed by atoms with Gasteiger partial charge in [-0.2, -0.15) is 0 Å². The monoisotopic (exact) mass is 452 g/mol. The third-order valence-electron chi connectivity index (χ3n) is 5.57. The number of benzene rings is 1. The summed E-state index contributed by atoms with van der Waals surface area (Å²) in [5.41, 5.74) is 0.521. The molecular weight excluding hydrogens is 430 g/mol. The van der Waals surface area contributed by atoms with Gasteiger partial charge in [0.25, 0.3) is 0 Å². The maximum atomic E-state index is 14.0. The number of hydrogen-bond acceptors (Lipinski definition) is 6. The molecule has 3 heterocycles. The molecule has 1 atom stereocenters. The van der Waals surface area contributed by atoms with Gasteiger partial charge in [0.05, 0.1) is 23.6 Å². The van der Waals surface area contributed by atoms with E-state index in [4.69, 9.17) is 4.74 Å². The van der Waals surface area contributed by atoms with Gasteiger partial charge in [-0.1, -0.05) is 13.0 Å². The molecule has 0 spiro atoms. The third kappa shape index (κ3) is 4.31. The molecule has 170 valence electrons. The Kier molecular flexibility index (Phi) is 6.15. The molecule has 1 N–H and O–H groups in total. The molecule has 33 heavy (non-hydrogen) atoms. The normalized spacial score (nSPS) is 13.1. The van der Waals surface area contributed by atoms with Crippen molar-refractivity contribution in [2.24, 2.45) is 0 Å². The van der Waals surface area contributed by atoms with Crippen molar-refractivity contribution in [1.29, 1.82) is 0 Å². The van der Waals surface area contributed by atoms with Crippen molar-refractivity contribution in [3.05, 3.63) is 89.4 Å². The number of Topliss-reactive ketones (excluding diaryl/α,β-unsaturated/α-hetero) is 1. The second-order valence-electron chi connectivity index (χ2n) is 8.01. The smallest absolute Gasteiger partial charge is 0.182 e. The van der Waals surface area contributed by atoms with E-state index < -0.39 is 17.0 Å². The van der Waals surface area contributed by atoms with Gasteiger partial charge >= 0.3 is 0 Å². The minimum absolute atomic E-state index is 0.0254. The van der Waals surface area contributed by atoms with Crippen molar-refractivity contribution in [2.75, 3.05) is 6.61 Å². The Labute approximate surface area is 188 Å². The zero-order valence-corrected chi connectivity index (χ0v) is 18.1. The van der Waals surface area contributed by atoms with Crippen molar-refractivity contribution >= 4 is 11.4 Å². The van der Waals surface area contributed by atoms with Crippen LogP contribution < -0.4 is 4.74 Å². The van der Waals surface area contributed by atoms with Gasteiger partial charge in [-0.15, -0.1) is 0 Å². The number of aliphatic hydroxyl groups is 1. The molecule has 0 saturated heterocycles. The summed E-state index contributed by atoms with van der Waals surface area (Å²) < 4.78 is 35.2. The zero-order chi connectivity index (χ0) is 23.6. The third-order valence-corrected chi connectivity index (χ3v) is 5.57. The highest BCUT2D eigenvalue weighted by Gasteiger charge is 2.33. The van der Waals surface area contributed by atoms with Crippen LogP contribution in [0.1, 0.15) is 40.8 Å². The van der Waals surface area contributed by atoms with Gasteiger partial charge < -0.3 is 9.84 Å². The number of aryl methyl sites for hydroxylation is 1. The lowest BCUT2D eigenvalue weighted by Gasteiger charge is -2.25. The number of ketones is 1. The van der Waals surface area contributed by atoms with Gasteiger partial charge in [0.1, 0.15) is 23.9 Å². The van der Waals surface area contributed by atoms with Crippen LogP contribution in [0.25, 0.3) is 5.65 Å². The van der Waals surface area contributed by atoms with E-state index in [0.717, 1.165) is 12.1 Å². The number of pyridine rings is 1. The Hall–Kier alpha value is -3.72. The minimum atomic E-state index is -0.932. The number of ether oxygens (including phenoxy) is 1. The van der Waals surface area contributed by atoms with Crippen LogP contribution in [0, 0.1) is 18.6 Å². The van der Waals surface area contributed by atoms with Crippen LogP contribution in [0.15, 0.2) is 55.1 Å². The first-order valence-electron chi connectivity index (χ1n) is 10.3. The molecule has 4 rings (SSSR count). The molecule has 0 aliphatic carbocycles. The van der Waals surface area contributed by atoms with E-state index in [-0.39, 0.29) is 36.7 Å². The topological polar surface area (TPSA) is 89.6 Å². The number of carbonyl (C=O) groups is 1. The molecular formula is C24H22F2N4O3. The molecule has 0 aliphatic rings. The molecule has 1 unspecified atom stereocenters. The van der Waals surface area contributed by atoms with E-state index in [1.165, 1.54) is 24.7 Å². The Morgan fingerprint density at radius 3 is 2.61 bits per heavy atom. The summed E-state index contributed by atoms with van der Waals surface area (Å²) in [6.07, 6.45) is 6.19. The summed E-state index contributed by atoms with van der Waals surface area (Å²) in [6.45, 7) is 2.81. The second-order valence-corrected chi connectivity index (χ2v) is 8.01. The van der Waals surface area contributed by atoms with Crippen LogP contribution in [0.3, 0.4) is 0 Å². The molecule has 9 heteroatoms. The number of nitrogens with zero attached hydrogens (tertiary/aromatic N) is 4. The predicted molar refractivity (Wildman–Crippen MR) is 116 cm³/mol. The number of hydrogen-bond donors (Lipinski definition) is 1. The highest BCUT2D eigenvalue weighted by molar-refractivity contribution is 5.97. The first kappa shape index (κ1) is 22.5. The van der Waals surface area contributed by atoms with Crippen LogP contribution in [0.5, 0.6) is 5.75 Å². The highest BCUT2D eigenvalue weighted by Crippen LogP contribution is 2.29. The minimum Gasteiger partial charge on any atom is -0.485 e. The maximum absolute atomic E-state index is 14.0. The van der Waals surface area contributed by atoms with Crippen molar-refractivity contribution in [3.8, 4) is 5.75 Å². The Bertz CT molecular complexity index is 1290. The Balaban J connectivity index is 1.64. The van der Waals surface area contributed by atoms with Crippen molar-refractivity contribution in [1.82, 2.24) is 19.4 Å². The molecule has 0 amide bonds. The summed E-state index contributed by atoms with van der Waals surface area (Å²) >= 11 is 0. The van der Waals surface area contributed by atoms with Crippen LogP contribution in [0.4, 0.5) is 8.78 Å². The average Bonchev–Trinajstić information content (AvgIpc) is 3.16. The number of halogens is 2. The molecule has 4 aromatic rings. The molecule has 3 aromatic heterocycles. The van der Waals surface area contributed by atoms with E-state index in [2.05, 4.69) is 15.0 Å². The number of rotatable bonds is 8. The number of aliphatic hydroxyl groups excluding tert-OH is 1. The lowest BCUT2D eigenvalue weighted by atomic mass is 9.82. The first-order valence-corrected chi connectivity index (χ1v) is 10.3. The fourth-order valence-electron chi connectivity index (χ4n) is 3.70. The van der Waals surface area contributed by atoms with Gasteiger partial charge in [0.2, 0.25) is 0 Å². The molecule has 0 aliphatic heterocycles. The molecule has 7 nitrogen and oxygen atoms in total. The van der Waals surface area contributed by atoms with Crippen molar-refractivity contribution < 1.29 is 23.4 Å². The molecule has 1 aromatic carbocycles. The van der Waals surface area contributed by atoms with E-state index in [9.17, 15) is 18.7 Å². The highest BCUT2D eigenvalue weighted by atomic mass is 19.1. The second kappa shape index (κ2) is 9.03. The SMILES string of the molecule is Cc1nc2c(OCc3c(F)cccc3F)cccn2c1C(=O)CC(C)(CO)c1cnccn1. The fraction of sp³-hybridized carbons (Fsp3) is 0.250. The average molecular weight is 452 g/mol. The van der Waals surface area contributed by atoms with E-state index in [1.54, 1.807) is 36.6 Å². The van der Waals surface area contributed by atoms with Crippen molar-refractivity contribution in [3.63, 3.8) is 0 Å². The molecule has 0 bridgehead atoms. The quantitative estimate of drug-likeness (QED) is 0.409. The number of imidazole rings is 1. The van der Waals surface area contributed by atoms with Gasteiger partial charge in [-0.3, -0.25) is 19.2 Å². The molecule has 0 saturated carbocycles. The Morgan fingerprint density at radius 2 is 1.94 bits per heavy atom. The van der Waals surface area contributed by atoms with Crippen LogP contribution >= 0.6 is 0 Å². The van der Waals surface area contributed by atoms with Gasteiger partial charge in [-0.05, 0) is 31.2 Å². The van der Waals surface area contributed by atoms with E-state index >= 15 is 0 Å². The molecule has 0 fully saturated rings. The van der Waals surface area contributed by atoms with E-state index in [1.807, 2.05) is 0 Å². The summed E-state index contributed by atoms with van der Waals surface area (Å²) in [7, 11) is 0. The zero-order valence-electron chi connectivity index (χ0n) is 18.1. The van der Waals surface area contributed by atoms with Crippen LogP contribution in [-0.4, -0.2) is 36.8 Å². The molecule has 0 radical (unpaired) electrons. The Morgan fingerprint density at radius 1 is 1.18 bits per heavy atom. The standard InChI is InChI=1S/C24H22F2N4O3/c1-15-22(19(32)11-24(2,14-31)21-12-27-8-9-28-21)30-10-4-7-20(23(30)29-15)33-13-16-17(25)5-3-6-18(16)26/h3-10,12,31H,11,13-14H2,1-2H3. The largest absolute Gasteiger partial charge is 0.485 e. The summed E-state index contributed by atoms with van der Waals surface area (Å²) in [5, 5.41) is 10.0. The first-order chi connectivity index (χ1) is 15.8. The van der Waals surface area contributed by atoms with E-state index in [0.29, 0.717) is 22.7 Å². The number of aromatic nitrogens is 4. The summed E-state index contributed by atoms with van der Waals surface area (Å²) in [6, 6.07) is 6.88. The van der Waals surface area contributed by atoms with Gasteiger partial charge in [0, 0.05) is 36.6 Å². The maximum Gasteiger partial charge on any atom is 0.182 e. The van der Waals surface area contributed by atoms with Gasteiger partial charge in [0.15, 0.2) is 17.2 Å². The number of fused-ring (bicyclic) bond motifs is 1. The van der Waals surface area contributed by atoms with Crippen LogP contribution in [-0.2, 0) is 12.0 Å².